The van der Waals surface area contributed by atoms with Gasteiger partial charge in [0.25, 0.3) is 0 Å². The highest BCUT2D eigenvalue weighted by molar-refractivity contribution is 7.27. The van der Waals surface area contributed by atoms with Crippen LogP contribution in [0.25, 0.3) is 285 Å². The first-order valence-electron chi connectivity index (χ1n) is 50.6. The normalized spacial score (nSPS) is 12.4. The molecule has 0 amide bonds. The summed E-state index contributed by atoms with van der Waals surface area (Å²) in [4.78, 5) is 41.8. The lowest BCUT2D eigenvalue weighted by atomic mass is 9.82. The lowest BCUT2D eigenvalue weighted by Gasteiger charge is -2.21. The van der Waals surface area contributed by atoms with E-state index in [2.05, 4.69) is 469 Å². The van der Waals surface area contributed by atoms with Crippen molar-refractivity contribution in [1.29, 1.82) is 0 Å². The molecule has 15 heteroatoms. The number of rotatable bonds is 11. The lowest BCUT2D eigenvalue weighted by molar-refractivity contribution is 0.661. The Morgan fingerprint density at radius 2 is 0.753 bits per heavy atom. The summed E-state index contributed by atoms with van der Waals surface area (Å²) in [6.45, 7) is 4.68. The van der Waals surface area contributed by atoms with Crippen LogP contribution in [0.15, 0.2) is 478 Å². The molecule has 1 aliphatic carbocycles. The van der Waals surface area contributed by atoms with Gasteiger partial charge in [0.1, 0.15) is 17.0 Å². The third kappa shape index (κ3) is 14.0. The molecule has 0 saturated carbocycles. The molecular weight excluding hydrogens is 1870 g/mol. The van der Waals surface area contributed by atoms with E-state index in [1.54, 1.807) is 0 Å². The molecule has 10 aromatic heterocycles. The summed E-state index contributed by atoms with van der Waals surface area (Å²) in [6.07, 6.45) is 1.86. The highest BCUT2D eigenvalue weighted by atomic mass is 32.1. The number of imidazole rings is 1. The molecule has 32 rings (SSSR count). The zero-order valence-electron chi connectivity index (χ0n) is 81.1. The van der Waals surface area contributed by atoms with E-state index in [0.717, 1.165) is 171 Å². The van der Waals surface area contributed by atoms with E-state index in [0.29, 0.717) is 29.5 Å². The van der Waals surface area contributed by atoms with Gasteiger partial charge in [-0.15, -0.1) is 22.7 Å². The Hall–Kier alpha value is -19.3. The lowest BCUT2D eigenvalue weighted by Crippen LogP contribution is -2.14. The molecular formula is C135H84N12OS2. The van der Waals surface area contributed by atoms with Gasteiger partial charge in [0.2, 0.25) is 17.8 Å². The first kappa shape index (κ1) is 86.2. The third-order valence-corrected chi connectivity index (χ3v) is 32.7. The summed E-state index contributed by atoms with van der Waals surface area (Å²) in [5.74, 6) is 4.03. The molecule has 150 heavy (non-hydrogen) atoms. The Bertz CT molecular complexity index is 10900. The van der Waals surface area contributed by atoms with Crippen LogP contribution in [-0.4, -0.2) is 58.1 Å². The fourth-order valence-electron chi connectivity index (χ4n) is 23.2. The molecule has 0 bridgehead atoms. The van der Waals surface area contributed by atoms with Gasteiger partial charge in [0, 0.05) is 129 Å². The maximum Gasteiger partial charge on any atom is 0.238 e. The van der Waals surface area contributed by atoms with Gasteiger partial charge in [-0.2, -0.15) is 9.97 Å². The van der Waals surface area contributed by atoms with Crippen LogP contribution in [0.4, 0.5) is 0 Å². The fourth-order valence-corrected chi connectivity index (χ4v) is 25.6. The average Bonchev–Trinajstić information content (AvgIpc) is 1.55. The van der Waals surface area contributed by atoms with Crippen LogP contribution < -0.4 is 0 Å². The molecule has 0 aliphatic heterocycles. The van der Waals surface area contributed by atoms with Crippen LogP contribution in [0.1, 0.15) is 25.0 Å². The molecule has 702 valence electrons. The molecule has 10 heterocycles. The van der Waals surface area contributed by atoms with Crippen LogP contribution in [0.2, 0.25) is 0 Å². The standard InChI is InChI=1S/C50H34N4.C44H25N3OS.C41H25N5S/c1-50(2)43-19-11-10-18-39(43)41-30-46-42(29-44(41)50)40-25-24-36(31-12-4-3-5-13-31)28-45(40)54(46)49-52-47(37-22-20-32-14-6-8-16-34(32)26-37)51-48(53-49)38-23-21-33-15-7-9-17-35(33)27-38;1-2-11-26(12-3-1)27-21-22-33-37(25-27)47(36-24-23-30-28-13-5-8-19-38(28)48-42(30)40(33)36)44-45-35-18-7-4-15-32(35)41(46-44)34-17-10-16-31-29-14-6-9-20-39(29)49-43(31)34;1-2-13-28(14-3-1)45-35-19-8-6-17-33(35)43-40(45)27-12-10-11-26(25-27)32-23-24-42-41(44-32)46-34-18-7-4-16-31(34)38-36(46)22-21-30-29-15-5-9-20-37(29)47-39(30)38/h3-30H,1-2H3;1-25H;1-25H. The summed E-state index contributed by atoms with van der Waals surface area (Å²) in [7, 11) is 0. The fraction of sp³-hybridized carbons (Fsp3) is 0.0222. The van der Waals surface area contributed by atoms with E-state index in [1.807, 2.05) is 59.2 Å². The van der Waals surface area contributed by atoms with Crippen LogP contribution in [0.3, 0.4) is 0 Å². The molecule has 0 fully saturated rings. The number of fused-ring (bicyclic) bond motifs is 27. The summed E-state index contributed by atoms with van der Waals surface area (Å²) in [5, 5.41) is 20.0. The van der Waals surface area contributed by atoms with Crippen LogP contribution in [-0.2, 0) is 5.41 Å². The summed E-state index contributed by atoms with van der Waals surface area (Å²) in [5.41, 5.74) is 28.7. The van der Waals surface area contributed by atoms with E-state index >= 15 is 0 Å². The van der Waals surface area contributed by atoms with E-state index in [9.17, 15) is 0 Å². The molecule has 0 spiro atoms. The summed E-state index contributed by atoms with van der Waals surface area (Å²) >= 11 is 3.68. The van der Waals surface area contributed by atoms with Crippen molar-refractivity contribution < 1.29 is 4.42 Å². The predicted molar refractivity (Wildman–Crippen MR) is 623 cm³/mol. The SMILES string of the molecule is CC1(C)c2ccccc2-c2cc3c(cc21)c1ccc(-c2ccccc2)cc1n3-c1nc(-c2ccc3ccccc3c2)nc(-c2ccc3ccccc3c2)n1.c1ccc(-c2ccc3c4c5oc6ccccc6c5ccc4n(-c4nc(-c5cccc6c5sc5ccccc56)c5ccccc5n4)c3c2)cc1.c1ccc(-n2c(-c3cccc(-c4ccnc(-n5c6ccccc6c6c7sc8ccccc8c7ccc65)n4)c3)nc3ccccc32)cc1. The van der Waals surface area contributed by atoms with E-state index in [-0.39, 0.29) is 5.41 Å². The van der Waals surface area contributed by atoms with Gasteiger partial charge in [0.05, 0.1) is 66.4 Å². The van der Waals surface area contributed by atoms with Crippen molar-refractivity contribution in [2.45, 2.75) is 19.3 Å². The van der Waals surface area contributed by atoms with Crippen molar-refractivity contribution in [2.24, 2.45) is 0 Å². The second kappa shape index (κ2) is 34.4. The van der Waals surface area contributed by atoms with Crippen molar-refractivity contribution in [2.75, 3.05) is 0 Å². The second-order valence-electron chi connectivity index (χ2n) is 39.2. The Labute approximate surface area is 867 Å². The first-order chi connectivity index (χ1) is 74.1. The van der Waals surface area contributed by atoms with Crippen molar-refractivity contribution >= 4 is 194 Å². The molecule has 21 aromatic carbocycles. The number of benzene rings is 21. The van der Waals surface area contributed by atoms with E-state index < -0.39 is 0 Å². The highest BCUT2D eigenvalue weighted by Gasteiger charge is 2.37. The van der Waals surface area contributed by atoms with Gasteiger partial charge >= 0.3 is 0 Å². The smallest absolute Gasteiger partial charge is 0.238 e. The number of thiophene rings is 2. The van der Waals surface area contributed by atoms with E-state index in [4.69, 9.17) is 44.3 Å². The van der Waals surface area contributed by atoms with Gasteiger partial charge < -0.3 is 4.42 Å². The number of furan rings is 1. The maximum atomic E-state index is 6.63. The van der Waals surface area contributed by atoms with Crippen molar-refractivity contribution in [3.8, 4) is 114 Å². The second-order valence-corrected chi connectivity index (χ2v) is 41.3. The van der Waals surface area contributed by atoms with Crippen molar-refractivity contribution in [3.05, 3.63) is 484 Å². The Morgan fingerprint density at radius 3 is 1.48 bits per heavy atom. The number of nitrogens with zero attached hydrogens (tertiary/aromatic N) is 12. The molecule has 13 nitrogen and oxygen atoms in total. The highest BCUT2D eigenvalue weighted by Crippen LogP contribution is 2.53. The number of hydrogen-bond donors (Lipinski definition) is 0. The summed E-state index contributed by atoms with van der Waals surface area (Å²) < 4.78 is 20.6. The third-order valence-electron chi connectivity index (χ3n) is 30.3. The minimum absolute atomic E-state index is 0.127. The molecule has 0 N–H and O–H groups in total. The quantitative estimate of drug-likeness (QED) is 0.124. The van der Waals surface area contributed by atoms with Crippen LogP contribution in [0.5, 0.6) is 0 Å². The van der Waals surface area contributed by atoms with Crippen molar-refractivity contribution in [1.82, 2.24) is 58.1 Å². The molecule has 0 unspecified atom stereocenters. The number of hydrogen-bond acceptors (Lipinski definition) is 11. The van der Waals surface area contributed by atoms with E-state index in [1.165, 1.54) is 94.9 Å². The molecule has 0 atom stereocenters. The van der Waals surface area contributed by atoms with Gasteiger partial charge in [-0.25, -0.2) is 29.9 Å². The van der Waals surface area contributed by atoms with Crippen LogP contribution >= 0.6 is 22.7 Å². The monoisotopic (exact) mass is 1950 g/mol. The molecule has 1 aliphatic rings. The van der Waals surface area contributed by atoms with Gasteiger partial charge in [-0.3, -0.25) is 18.3 Å². The Morgan fingerprint density at radius 1 is 0.247 bits per heavy atom. The first-order valence-corrected chi connectivity index (χ1v) is 52.2. The Balaban J connectivity index is 0.000000104. The molecule has 31 aromatic rings. The topological polar surface area (TPSA) is 136 Å². The van der Waals surface area contributed by atoms with Crippen molar-refractivity contribution in [3.63, 3.8) is 0 Å². The zero-order chi connectivity index (χ0) is 98.9. The molecule has 0 radical (unpaired) electrons. The predicted octanol–water partition coefficient (Wildman–Crippen LogP) is 35.5. The number of para-hydroxylation sites is 6. The molecule has 0 saturated heterocycles. The largest absolute Gasteiger partial charge is 0.455 e. The van der Waals surface area contributed by atoms with Gasteiger partial charge in [0.15, 0.2) is 11.6 Å². The maximum absolute atomic E-state index is 6.63. The van der Waals surface area contributed by atoms with Crippen LogP contribution in [0, 0.1) is 0 Å². The summed E-state index contributed by atoms with van der Waals surface area (Å²) in [6, 6.07) is 165. The minimum atomic E-state index is -0.127. The number of aromatic nitrogens is 12. The average molecular weight is 1950 g/mol. The zero-order valence-corrected chi connectivity index (χ0v) is 82.8. The Kier molecular flexibility index (Phi) is 19.8. The van der Waals surface area contributed by atoms with Gasteiger partial charge in [-0.05, 0) is 187 Å². The minimum Gasteiger partial charge on any atom is -0.455 e. The van der Waals surface area contributed by atoms with Gasteiger partial charge in [-0.1, -0.05) is 360 Å².